The zero-order valence-electron chi connectivity index (χ0n) is 16.6. The summed E-state index contributed by atoms with van der Waals surface area (Å²) in [5.41, 5.74) is 10.5. The van der Waals surface area contributed by atoms with Crippen LogP contribution in [0.5, 0.6) is 0 Å². The largest absolute Gasteiger partial charge is 0.398 e. The number of hydrogen-bond donors (Lipinski definition) is 1. The lowest BCUT2D eigenvalue weighted by molar-refractivity contribution is 0.540. The van der Waals surface area contributed by atoms with Gasteiger partial charge in [-0.05, 0) is 61.1 Å². The predicted molar refractivity (Wildman–Crippen MR) is 124 cm³/mol. The molecule has 2 aromatic heterocycles. The minimum absolute atomic E-state index is 0.226. The molecular formula is C24H19BrN4O2. The number of halogens is 1. The lowest BCUT2D eigenvalue weighted by Crippen LogP contribution is -2.36. The van der Waals surface area contributed by atoms with Gasteiger partial charge in [-0.2, -0.15) is 4.68 Å². The van der Waals surface area contributed by atoms with Crippen molar-refractivity contribution in [2.75, 3.05) is 5.73 Å². The molecule has 0 saturated heterocycles. The summed E-state index contributed by atoms with van der Waals surface area (Å²) in [6.45, 7) is 0. The molecular weight excluding hydrogens is 456 g/mol. The maximum atomic E-state index is 13.7. The zero-order valence-corrected chi connectivity index (χ0v) is 18.2. The lowest BCUT2D eigenvalue weighted by Gasteiger charge is -2.21. The molecule has 1 aliphatic carbocycles. The summed E-state index contributed by atoms with van der Waals surface area (Å²) in [6, 6.07) is 14.2. The Kier molecular flexibility index (Phi) is 3.99. The monoisotopic (exact) mass is 474 g/mol. The van der Waals surface area contributed by atoms with Crippen molar-refractivity contribution < 1.29 is 0 Å². The van der Waals surface area contributed by atoms with Gasteiger partial charge in [-0.25, -0.2) is 9.67 Å². The predicted octanol–water partition coefficient (Wildman–Crippen LogP) is 3.72. The first-order valence-corrected chi connectivity index (χ1v) is 11.2. The Morgan fingerprint density at radius 2 is 1.71 bits per heavy atom. The zero-order chi connectivity index (χ0) is 21.3. The number of anilines is 1. The van der Waals surface area contributed by atoms with Crippen LogP contribution in [0.25, 0.3) is 16.6 Å². The van der Waals surface area contributed by atoms with Crippen molar-refractivity contribution in [3.8, 4) is 5.82 Å². The molecule has 2 N–H and O–H groups in total. The molecule has 1 unspecified atom stereocenters. The summed E-state index contributed by atoms with van der Waals surface area (Å²) in [6.07, 6.45) is 3.82. The Morgan fingerprint density at radius 3 is 2.48 bits per heavy atom. The van der Waals surface area contributed by atoms with Gasteiger partial charge in [0.15, 0.2) is 5.82 Å². The second kappa shape index (κ2) is 6.65. The molecule has 1 aliphatic heterocycles. The third-order valence-corrected chi connectivity index (χ3v) is 6.92. The van der Waals surface area contributed by atoms with Crippen molar-refractivity contribution >= 4 is 32.4 Å². The van der Waals surface area contributed by atoms with Crippen LogP contribution in [0, 0.1) is 0 Å². The summed E-state index contributed by atoms with van der Waals surface area (Å²) >= 11 is 3.54. The first-order chi connectivity index (χ1) is 15.1. The number of nitrogens with two attached hydrogens (primary N) is 1. The van der Waals surface area contributed by atoms with E-state index in [1.807, 2.05) is 24.3 Å². The molecule has 0 radical (unpaired) electrons. The summed E-state index contributed by atoms with van der Waals surface area (Å²) in [7, 11) is 0. The number of pyridine rings is 1. The minimum atomic E-state index is -0.517. The fraction of sp³-hybridized carbons (Fsp3) is 0.208. The first-order valence-electron chi connectivity index (χ1n) is 10.4. The number of fused-ring (bicyclic) bond motifs is 5. The van der Waals surface area contributed by atoms with Crippen molar-refractivity contribution in [3.63, 3.8) is 0 Å². The molecule has 0 spiro atoms. The Hall–Kier alpha value is -3.19. The molecule has 3 heterocycles. The van der Waals surface area contributed by atoms with Gasteiger partial charge in [0.05, 0.1) is 10.8 Å². The van der Waals surface area contributed by atoms with E-state index in [0.717, 1.165) is 52.5 Å². The van der Waals surface area contributed by atoms with Crippen LogP contribution in [-0.4, -0.2) is 14.3 Å². The van der Waals surface area contributed by atoms with Crippen LogP contribution >= 0.6 is 15.9 Å². The third kappa shape index (κ3) is 2.53. The van der Waals surface area contributed by atoms with Gasteiger partial charge < -0.3 is 5.73 Å². The van der Waals surface area contributed by atoms with E-state index in [1.54, 1.807) is 24.3 Å². The first kappa shape index (κ1) is 18.6. The normalized spacial score (nSPS) is 16.7. The van der Waals surface area contributed by atoms with Gasteiger partial charge in [0.25, 0.3) is 11.1 Å². The van der Waals surface area contributed by atoms with Gasteiger partial charge in [0.2, 0.25) is 0 Å². The molecule has 31 heavy (non-hydrogen) atoms. The second-order valence-corrected chi connectivity index (χ2v) is 9.08. The van der Waals surface area contributed by atoms with Gasteiger partial charge in [-0.3, -0.25) is 9.59 Å². The Labute approximate surface area is 186 Å². The number of hydrogen-bond acceptors (Lipinski definition) is 4. The van der Waals surface area contributed by atoms with E-state index in [-0.39, 0.29) is 11.1 Å². The lowest BCUT2D eigenvalue weighted by atomic mass is 9.90. The van der Waals surface area contributed by atoms with Crippen molar-refractivity contribution in [1.29, 1.82) is 0 Å². The highest BCUT2D eigenvalue weighted by molar-refractivity contribution is 9.10. The average molecular weight is 475 g/mol. The van der Waals surface area contributed by atoms with E-state index in [4.69, 9.17) is 10.7 Å². The van der Waals surface area contributed by atoms with E-state index in [1.165, 1.54) is 9.36 Å². The van der Waals surface area contributed by atoms with Crippen molar-refractivity contribution in [2.24, 2.45) is 0 Å². The van der Waals surface area contributed by atoms with Crippen LogP contribution in [0.4, 0.5) is 5.69 Å². The standard InChI is InChI=1S/C24H19BrN4O2/c25-14-7-5-6-13(12-14)21-19-20(26)17-10-3-4-11-18(17)27-22(19)29-24(31)16-9-2-1-8-15(16)23(30)28(21)29/h1-2,5-9,12,21H,3-4,10-11H2,(H2,26,27). The number of nitrogen functional groups attached to an aromatic ring is 1. The van der Waals surface area contributed by atoms with E-state index in [9.17, 15) is 9.59 Å². The van der Waals surface area contributed by atoms with Gasteiger partial charge in [0, 0.05) is 21.4 Å². The quantitative estimate of drug-likeness (QED) is 0.401. The highest BCUT2D eigenvalue weighted by atomic mass is 79.9. The highest BCUT2D eigenvalue weighted by Crippen LogP contribution is 2.42. The maximum absolute atomic E-state index is 13.7. The fourth-order valence-electron chi connectivity index (χ4n) is 5.03. The van der Waals surface area contributed by atoms with E-state index in [2.05, 4.69) is 15.9 Å². The van der Waals surface area contributed by atoms with Crippen LogP contribution < -0.4 is 16.9 Å². The third-order valence-electron chi connectivity index (χ3n) is 6.42. The van der Waals surface area contributed by atoms with Crippen LogP contribution in [0.15, 0.2) is 62.6 Å². The molecule has 0 fully saturated rings. The minimum Gasteiger partial charge on any atom is -0.398 e. The fourth-order valence-corrected chi connectivity index (χ4v) is 5.44. The van der Waals surface area contributed by atoms with Crippen LogP contribution in [-0.2, 0) is 12.8 Å². The maximum Gasteiger partial charge on any atom is 0.279 e. The summed E-state index contributed by atoms with van der Waals surface area (Å²) in [5.74, 6) is 0.482. The molecule has 6 nitrogen and oxygen atoms in total. The Bertz CT molecular complexity index is 1520. The molecule has 4 aromatic rings. The summed E-state index contributed by atoms with van der Waals surface area (Å²) < 4.78 is 3.87. The second-order valence-electron chi connectivity index (χ2n) is 8.16. The van der Waals surface area contributed by atoms with Crippen molar-refractivity contribution in [1.82, 2.24) is 14.3 Å². The highest BCUT2D eigenvalue weighted by Gasteiger charge is 2.38. The van der Waals surface area contributed by atoms with Crippen LogP contribution in [0.2, 0.25) is 0 Å². The smallest absolute Gasteiger partial charge is 0.279 e. The summed E-state index contributed by atoms with van der Waals surface area (Å²) in [5, 5.41) is 0.794. The van der Waals surface area contributed by atoms with Gasteiger partial charge >= 0.3 is 0 Å². The van der Waals surface area contributed by atoms with E-state index >= 15 is 0 Å². The molecule has 154 valence electrons. The average Bonchev–Trinajstić information content (AvgIpc) is 3.13. The number of benzene rings is 2. The van der Waals surface area contributed by atoms with E-state index < -0.39 is 6.04 Å². The molecule has 0 bridgehead atoms. The molecule has 1 atom stereocenters. The topological polar surface area (TPSA) is 82.9 Å². The number of nitrogens with zero attached hydrogens (tertiary/aromatic N) is 3. The SMILES string of the molecule is Nc1c2c(nc3c1C(c1cccc(Br)c1)n1c(=O)c4ccccc4c(=O)n1-3)CCCC2. The van der Waals surface area contributed by atoms with Crippen molar-refractivity contribution in [3.05, 3.63) is 96.1 Å². The molecule has 2 aliphatic rings. The Balaban J connectivity index is 1.80. The molecule has 0 saturated carbocycles. The number of rotatable bonds is 1. The molecule has 0 amide bonds. The number of aromatic nitrogens is 3. The Morgan fingerprint density at radius 1 is 0.968 bits per heavy atom. The van der Waals surface area contributed by atoms with Gasteiger partial charge in [0.1, 0.15) is 6.04 Å². The van der Waals surface area contributed by atoms with Crippen molar-refractivity contribution in [2.45, 2.75) is 31.7 Å². The molecule has 6 rings (SSSR count). The summed E-state index contributed by atoms with van der Waals surface area (Å²) in [4.78, 5) is 32.2. The number of aryl methyl sites for hydroxylation is 1. The van der Waals surface area contributed by atoms with Crippen LogP contribution in [0.1, 0.15) is 41.3 Å². The molecule has 7 heteroatoms. The van der Waals surface area contributed by atoms with Gasteiger partial charge in [-0.15, -0.1) is 0 Å². The van der Waals surface area contributed by atoms with Crippen LogP contribution in [0.3, 0.4) is 0 Å². The molecule has 2 aromatic carbocycles. The van der Waals surface area contributed by atoms with E-state index in [0.29, 0.717) is 22.3 Å². The van der Waals surface area contributed by atoms with Gasteiger partial charge in [-0.1, -0.05) is 40.2 Å².